The maximum absolute atomic E-state index is 3.22. The van der Waals surface area contributed by atoms with Gasteiger partial charge in [-0.25, -0.2) is 0 Å². The molecule has 0 spiro atoms. The van der Waals surface area contributed by atoms with Gasteiger partial charge in [-0.1, -0.05) is 55.5 Å². The molecule has 17 heavy (non-hydrogen) atoms. The minimum Gasteiger partial charge on any atom is -0.316 e. The van der Waals surface area contributed by atoms with Gasteiger partial charge in [0.2, 0.25) is 0 Å². The SMILES string of the molecule is CCc1ccc(-c2ccccc2CNC)cc1. The molecule has 0 amide bonds. The van der Waals surface area contributed by atoms with Crippen molar-refractivity contribution < 1.29 is 0 Å². The molecule has 0 bridgehead atoms. The third kappa shape index (κ3) is 2.75. The number of aryl methyl sites for hydroxylation is 1. The molecule has 1 heteroatoms. The van der Waals surface area contributed by atoms with Crippen molar-refractivity contribution in [1.29, 1.82) is 0 Å². The van der Waals surface area contributed by atoms with Crippen LogP contribution in [0.3, 0.4) is 0 Å². The molecule has 0 atom stereocenters. The molecule has 0 heterocycles. The third-order valence-corrected chi connectivity index (χ3v) is 3.06. The van der Waals surface area contributed by atoms with E-state index in [4.69, 9.17) is 0 Å². The second kappa shape index (κ2) is 5.65. The highest BCUT2D eigenvalue weighted by atomic mass is 14.8. The summed E-state index contributed by atoms with van der Waals surface area (Å²) in [5, 5.41) is 3.22. The van der Waals surface area contributed by atoms with E-state index in [0.29, 0.717) is 0 Å². The lowest BCUT2D eigenvalue weighted by molar-refractivity contribution is 0.819. The van der Waals surface area contributed by atoms with Gasteiger partial charge in [0.1, 0.15) is 0 Å². The van der Waals surface area contributed by atoms with Gasteiger partial charge in [-0.15, -0.1) is 0 Å². The predicted molar refractivity (Wildman–Crippen MR) is 74.0 cm³/mol. The Morgan fingerprint density at radius 3 is 2.29 bits per heavy atom. The maximum atomic E-state index is 3.22. The summed E-state index contributed by atoms with van der Waals surface area (Å²) in [6, 6.07) is 17.4. The quantitative estimate of drug-likeness (QED) is 0.837. The van der Waals surface area contributed by atoms with E-state index in [9.17, 15) is 0 Å². The zero-order valence-corrected chi connectivity index (χ0v) is 10.5. The minimum absolute atomic E-state index is 0.908. The van der Waals surface area contributed by atoms with Crippen molar-refractivity contribution in [2.24, 2.45) is 0 Å². The average Bonchev–Trinajstić information content (AvgIpc) is 2.40. The van der Waals surface area contributed by atoms with Gasteiger partial charge in [-0.2, -0.15) is 0 Å². The van der Waals surface area contributed by atoms with Gasteiger partial charge >= 0.3 is 0 Å². The van der Waals surface area contributed by atoms with E-state index in [1.807, 2.05) is 7.05 Å². The lowest BCUT2D eigenvalue weighted by Gasteiger charge is -2.09. The van der Waals surface area contributed by atoms with E-state index in [1.54, 1.807) is 0 Å². The summed E-state index contributed by atoms with van der Waals surface area (Å²) in [6.07, 6.45) is 1.10. The fraction of sp³-hybridized carbons (Fsp3) is 0.250. The van der Waals surface area contributed by atoms with Crippen LogP contribution in [0.4, 0.5) is 0 Å². The van der Waals surface area contributed by atoms with Crippen molar-refractivity contribution in [2.75, 3.05) is 7.05 Å². The Labute approximate surface area is 103 Å². The number of rotatable bonds is 4. The fourth-order valence-corrected chi connectivity index (χ4v) is 2.07. The van der Waals surface area contributed by atoms with Crippen molar-refractivity contribution in [2.45, 2.75) is 19.9 Å². The smallest absolute Gasteiger partial charge is 0.0208 e. The first-order chi connectivity index (χ1) is 8.35. The lowest BCUT2D eigenvalue weighted by Crippen LogP contribution is -2.06. The molecule has 0 aliphatic heterocycles. The van der Waals surface area contributed by atoms with Crippen LogP contribution in [-0.2, 0) is 13.0 Å². The summed E-state index contributed by atoms with van der Waals surface area (Å²) in [7, 11) is 1.98. The Morgan fingerprint density at radius 2 is 1.65 bits per heavy atom. The van der Waals surface area contributed by atoms with Crippen molar-refractivity contribution in [3.8, 4) is 11.1 Å². The molecular formula is C16H19N. The second-order valence-corrected chi connectivity index (χ2v) is 4.24. The number of hydrogen-bond donors (Lipinski definition) is 1. The summed E-state index contributed by atoms with van der Waals surface area (Å²) in [6.45, 7) is 3.09. The first kappa shape index (κ1) is 11.9. The van der Waals surface area contributed by atoms with Crippen LogP contribution < -0.4 is 5.32 Å². The summed E-state index contributed by atoms with van der Waals surface area (Å²) in [5.41, 5.74) is 5.36. The van der Waals surface area contributed by atoms with E-state index < -0.39 is 0 Å². The number of hydrogen-bond acceptors (Lipinski definition) is 1. The molecule has 88 valence electrons. The molecule has 0 aliphatic carbocycles. The maximum Gasteiger partial charge on any atom is 0.0208 e. The molecule has 0 aliphatic rings. The molecule has 2 aromatic rings. The van der Waals surface area contributed by atoms with Gasteiger partial charge < -0.3 is 5.32 Å². The Balaban J connectivity index is 2.37. The van der Waals surface area contributed by atoms with Crippen LogP contribution in [-0.4, -0.2) is 7.05 Å². The van der Waals surface area contributed by atoms with Crippen molar-refractivity contribution in [3.05, 3.63) is 59.7 Å². The molecule has 2 rings (SSSR count). The van der Waals surface area contributed by atoms with Gasteiger partial charge in [0, 0.05) is 6.54 Å². The molecular weight excluding hydrogens is 206 g/mol. The van der Waals surface area contributed by atoms with E-state index in [0.717, 1.165) is 13.0 Å². The Morgan fingerprint density at radius 1 is 0.941 bits per heavy atom. The fourth-order valence-electron chi connectivity index (χ4n) is 2.07. The standard InChI is InChI=1S/C16H19N/c1-3-13-8-10-14(11-9-13)16-7-5-4-6-15(16)12-17-2/h4-11,17H,3,12H2,1-2H3. The van der Waals surface area contributed by atoms with Crippen LogP contribution in [0.2, 0.25) is 0 Å². The summed E-state index contributed by atoms with van der Waals surface area (Å²) >= 11 is 0. The van der Waals surface area contributed by atoms with Gasteiger partial charge in [-0.3, -0.25) is 0 Å². The molecule has 0 radical (unpaired) electrons. The first-order valence-electron chi connectivity index (χ1n) is 6.17. The normalized spacial score (nSPS) is 10.5. The topological polar surface area (TPSA) is 12.0 Å². The predicted octanol–water partition coefficient (Wildman–Crippen LogP) is 3.64. The van der Waals surface area contributed by atoms with Crippen LogP contribution in [0.25, 0.3) is 11.1 Å². The van der Waals surface area contributed by atoms with E-state index in [2.05, 4.69) is 60.8 Å². The molecule has 2 aromatic carbocycles. The van der Waals surface area contributed by atoms with Crippen LogP contribution in [0.15, 0.2) is 48.5 Å². The van der Waals surface area contributed by atoms with Crippen molar-refractivity contribution >= 4 is 0 Å². The summed E-state index contributed by atoms with van der Waals surface area (Å²) < 4.78 is 0. The number of nitrogens with one attached hydrogen (secondary N) is 1. The molecule has 0 aromatic heterocycles. The van der Waals surface area contributed by atoms with E-state index in [-0.39, 0.29) is 0 Å². The second-order valence-electron chi connectivity index (χ2n) is 4.24. The van der Waals surface area contributed by atoms with Crippen molar-refractivity contribution in [3.63, 3.8) is 0 Å². The van der Waals surface area contributed by atoms with Gasteiger partial charge in [0.15, 0.2) is 0 Å². The average molecular weight is 225 g/mol. The molecule has 0 unspecified atom stereocenters. The molecule has 0 saturated carbocycles. The van der Waals surface area contributed by atoms with Gasteiger partial charge in [0.05, 0.1) is 0 Å². The van der Waals surface area contributed by atoms with Crippen LogP contribution in [0, 0.1) is 0 Å². The van der Waals surface area contributed by atoms with E-state index in [1.165, 1.54) is 22.3 Å². The largest absolute Gasteiger partial charge is 0.316 e. The Bertz CT molecular complexity index is 471. The lowest BCUT2D eigenvalue weighted by atomic mass is 9.98. The van der Waals surface area contributed by atoms with Crippen LogP contribution in [0.1, 0.15) is 18.1 Å². The van der Waals surface area contributed by atoms with Crippen molar-refractivity contribution in [1.82, 2.24) is 5.32 Å². The zero-order chi connectivity index (χ0) is 12.1. The zero-order valence-electron chi connectivity index (χ0n) is 10.5. The summed E-state index contributed by atoms with van der Waals surface area (Å²) in [5.74, 6) is 0. The van der Waals surface area contributed by atoms with Gasteiger partial charge in [0.25, 0.3) is 0 Å². The monoisotopic (exact) mass is 225 g/mol. The minimum atomic E-state index is 0.908. The van der Waals surface area contributed by atoms with E-state index >= 15 is 0 Å². The molecule has 1 nitrogen and oxygen atoms in total. The molecule has 0 saturated heterocycles. The van der Waals surface area contributed by atoms with Crippen LogP contribution in [0.5, 0.6) is 0 Å². The van der Waals surface area contributed by atoms with Gasteiger partial charge in [-0.05, 0) is 35.7 Å². The number of benzene rings is 2. The highest BCUT2D eigenvalue weighted by Gasteiger charge is 2.03. The van der Waals surface area contributed by atoms with Crippen LogP contribution >= 0.6 is 0 Å². The highest BCUT2D eigenvalue weighted by Crippen LogP contribution is 2.24. The third-order valence-electron chi connectivity index (χ3n) is 3.06. The summed E-state index contributed by atoms with van der Waals surface area (Å²) in [4.78, 5) is 0. The Kier molecular flexibility index (Phi) is 3.94. The molecule has 0 fully saturated rings. The first-order valence-corrected chi connectivity index (χ1v) is 6.17. The Hall–Kier alpha value is -1.60. The highest BCUT2D eigenvalue weighted by molar-refractivity contribution is 5.67. The molecule has 1 N–H and O–H groups in total.